The van der Waals surface area contributed by atoms with Crippen LogP contribution < -0.4 is 5.14 Å². The highest BCUT2D eigenvalue weighted by Gasteiger charge is 2.31. The second kappa shape index (κ2) is 7.49. The standard InChI is InChI=1S/C6H5F3N2O2S.C6H4F3NS/c7-6(8,9)4-1-2-11-5(3-4)14(10,12)13;7-6(8,9)4-1-2-10-5(11)3-4/h1-3H,(H2,10,12,13);1-3H,(H,10,11). The minimum Gasteiger partial charge on any atom is -0.353 e. The molecule has 0 spiro atoms. The quantitative estimate of drug-likeness (QED) is 0.561. The highest BCUT2D eigenvalue weighted by molar-refractivity contribution is 7.89. The van der Waals surface area contributed by atoms with Gasteiger partial charge in [0.05, 0.1) is 11.1 Å². The van der Waals surface area contributed by atoms with Crippen molar-refractivity contribution >= 4 is 22.2 Å². The average molecular weight is 405 g/mol. The molecule has 0 unspecified atom stereocenters. The lowest BCUT2D eigenvalue weighted by molar-refractivity contribution is -0.138. The van der Waals surface area contributed by atoms with Crippen molar-refractivity contribution in [1.29, 1.82) is 0 Å². The zero-order chi connectivity index (χ0) is 19.5. The van der Waals surface area contributed by atoms with Crippen LogP contribution in [-0.4, -0.2) is 18.4 Å². The third-order valence-electron chi connectivity index (χ3n) is 2.46. The van der Waals surface area contributed by atoms with E-state index >= 15 is 0 Å². The van der Waals surface area contributed by atoms with Gasteiger partial charge in [-0.2, -0.15) is 26.3 Å². The van der Waals surface area contributed by atoms with Crippen LogP contribution in [0.1, 0.15) is 11.1 Å². The minimum absolute atomic E-state index is 0.0832. The number of hydrogen-bond acceptors (Lipinski definition) is 4. The zero-order valence-electron chi connectivity index (χ0n) is 11.9. The Bertz CT molecular complexity index is 890. The fraction of sp³-hybridized carbons (Fsp3) is 0.167. The normalized spacial score (nSPS) is 12.3. The Balaban J connectivity index is 0.000000257. The number of rotatable bonds is 1. The summed E-state index contributed by atoms with van der Waals surface area (Å²) in [6, 6.07) is 2.87. The van der Waals surface area contributed by atoms with Gasteiger partial charge in [-0.05, 0) is 24.3 Å². The molecule has 5 nitrogen and oxygen atoms in total. The maximum Gasteiger partial charge on any atom is 0.416 e. The maximum atomic E-state index is 12.1. The van der Waals surface area contributed by atoms with Crippen LogP contribution >= 0.6 is 12.2 Å². The molecule has 2 rings (SSSR count). The van der Waals surface area contributed by atoms with E-state index in [4.69, 9.17) is 0 Å². The molecule has 138 valence electrons. The van der Waals surface area contributed by atoms with Crippen molar-refractivity contribution in [2.75, 3.05) is 0 Å². The molecule has 0 amide bonds. The van der Waals surface area contributed by atoms with Crippen molar-refractivity contribution in [2.24, 2.45) is 5.14 Å². The summed E-state index contributed by atoms with van der Waals surface area (Å²) in [6.07, 6.45) is -7.00. The number of primary sulfonamides is 1. The van der Waals surface area contributed by atoms with Gasteiger partial charge in [0.1, 0.15) is 4.64 Å². The number of sulfonamides is 1. The molecule has 0 bridgehead atoms. The molecule has 0 aliphatic carbocycles. The average Bonchev–Trinajstić information content (AvgIpc) is 2.45. The lowest BCUT2D eigenvalue weighted by atomic mass is 10.3. The van der Waals surface area contributed by atoms with E-state index in [1.54, 1.807) is 0 Å². The number of nitrogens with zero attached hydrogens (tertiary/aromatic N) is 1. The van der Waals surface area contributed by atoms with E-state index in [1.807, 2.05) is 0 Å². The summed E-state index contributed by atoms with van der Waals surface area (Å²) in [5.41, 5.74) is -1.82. The van der Waals surface area contributed by atoms with E-state index < -0.39 is 38.5 Å². The van der Waals surface area contributed by atoms with E-state index in [1.165, 1.54) is 6.20 Å². The Morgan fingerprint density at radius 2 is 1.52 bits per heavy atom. The number of hydrogen-bond donors (Lipinski definition) is 2. The molecule has 0 aliphatic heterocycles. The molecule has 13 heteroatoms. The van der Waals surface area contributed by atoms with Gasteiger partial charge in [-0.3, -0.25) is 0 Å². The highest BCUT2D eigenvalue weighted by Crippen LogP contribution is 2.29. The molecular formula is C12H9F6N3O2S2. The van der Waals surface area contributed by atoms with Gasteiger partial charge in [-0.25, -0.2) is 18.5 Å². The van der Waals surface area contributed by atoms with Crippen molar-refractivity contribution < 1.29 is 34.8 Å². The zero-order valence-corrected chi connectivity index (χ0v) is 13.5. The van der Waals surface area contributed by atoms with Crippen LogP contribution in [0.2, 0.25) is 0 Å². The largest absolute Gasteiger partial charge is 0.416 e. The van der Waals surface area contributed by atoms with E-state index in [0.717, 1.165) is 18.3 Å². The molecule has 0 aromatic carbocycles. The first-order valence-electron chi connectivity index (χ1n) is 6.03. The summed E-state index contributed by atoms with van der Waals surface area (Å²) in [5.74, 6) is 0. The number of nitrogens with two attached hydrogens (primary N) is 1. The van der Waals surface area contributed by atoms with Crippen LogP contribution in [0.15, 0.2) is 41.7 Å². The molecule has 25 heavy (non-hydrogen) atoms. The van der Waals surface area contributed by atoms with Crippen molar-refractivity contribution in [1.82, 2.24) is 9.97 Å². The number of pyridine rings is 2. The van der Waals surface area contributed by atoms with Gasteiger partial charge in [-0.15, -0.1) is 0 Å². The number of aromatic amines is 1. The summed E-state index contributed by atoms with van der Waals surface area (Å²) in [7, 11) is -4.20. The first-order chi connectivity index (χ1) is 11.2. The van der Waals surface area contributed by atoms with Crippen LogP contribution in [0.25, 0.3) is 0 Å². The molecule has 0 aliphatic rings. The Hall–Kier alpha value is -1.99. The third-order valence-corrected chi connectivity index (χ3v) is 3.50. The fourth-order valence-corrected chi connectivity index (χ4v) is 2.06. The van der Waals surface area contributed by atoms with Gasteiger partial charge < -0.3 is 4.98 Å². The molecule has 0 saturated heterocycles. The minimum atomic E-state index is -4.61. The Morgan fingerprint density at radius 3 is 1.92 bits per heavy atom. The molecule has 0 radical (unpaired) electrons. The summed E-state index contributed by atoms with van der Waals surface area (Å²) in [6.45, 7) is 0. The summed E-state index contributed by atoms with van der Waals surface area (Å²) >= 11 is 4.51. The monoisotopic (exact) mass is 405 g/mol. The van der Waals surface area contributed by atoms with Gasteiger partial charge in [-0.1, -0.05) is 12.2 Å². The number of nitrogens with one attached hydrogen (secondary N) is 1. The number of halogens is 6. The van der Waals surface area contributed by atoms with E-state index in [0.29, 0.717) is 12.1 Å². The van der Waals surface area contributed by atoms with Crippen molar-refractivity contribution in [2.45, 2.75) is 17.4 Å². The second-order valence-corrected chi connectivity index (χ2v) is 6.31. The van der Waals surface area contributed by atoms with Gasteiger partial charge >= 0.3 is 12.4 Å². The molecular weight excluding hydrogens is 396 g/mol. The van der Waals surface area contributed by atoms with Crippen LogP contribution in [-0.2, 0) is 22.4 Å². The fourth-order valence-electron chi connectivity index (χ4n) is 1.36. The summed E-state index contributed by atoms with van der Waals surface area (Å²) in [4.78, 5) is 5.67. The number of alkyl halides is 6. The van der Waals surface area contributed by atoms with Crippen molar-refractivity contribution in [3.63, 3.8) is 0 Å². The molecule has 0 fully saturated rings. The molecule has 3 N–H and O–H groups in total. The summed E-state index contributed by atoms with van der Waals surface area (Å²) in [5, 5.41) is 3.81. The smallest absolute Gasteiger partial charge is 0.353 e. The molecule has 0 saturated carbocycles. The molecule has 2 aromatic rings. The van der Waals surface area contributed by atoms with Crippen LogP contribution in [0, 0.1) is 4.64 Å². The predicted octanol–water partition coefficient (Wildman–Crippen LogP) is 3.51. The van der Waals surface area contributed by atoms with E-state index in [9.17, 15) is 34.8 Å². The Labute approximate surface area is 142 Å². The SMILES string of the molecule is FC(F)(F)c1cc[nH]c(=S)c1.NS(=O)(=O)c1cc(C(F)(F)F)ccn1. The van der Waals surface area contributed by atoms with Gasteiger partial charge in [0, 0.05) is 12.4 Å². The predicted molar refractivity (Wildman–Crippen MR) is 77.2 cm³/mol. The lowest BCUT2D eigenvalue weighted by Crippen LogP contribution is -2.15. The van der Waals surface area contributed by atoms with E-state index in [2.05, 4.69) is 27.3 Å². The Morgan fingerprint density at radius 1 is 1.00 bits per heavy atom. The Kier molecular flexibility index (Phi) is 6.31. The highest BCUT2D eigenvalue weighted by atomic mass is 32.2. The van der Waals surface area contributed by atoms with Gasteiger partial charge in [0.2, 0.25) is 0 Å². The maximum absolute atomic E-state index is 12.1. The first-order valence-corrected chi connectivity index (χ1v) is 7.98. The van der Waals surface area contributed by atoms with Crippen molar-refractivity contribution in [3.8, 4) is 0 Å². The van der Waals surface area contributed by atoms with Gasteiger partial charge in [0.15, 0.2) is 5.03 Å². The molecule has 2 aromatic heterocycles. The molecule has 2 heterocycles. The second-order valence-electron chi connectivity index (χ2n) is 4.36. The van der Waals surface area contributed by atoms with Crippen molar-refractivity contribution in [3.05, 3.63) is 52.4 Å². The topological polar surface area (TPSA) is 88.8 Å². The van der Waals surface area contributed by atoms with Crippen LogP contribution in [0.4, 0.5) is 26.3 Å². The summed E-state index contributed by atoms with van der Waals surface area (Å²) < 4.78 is 93.4. The van der Waals surface area contributed by atoms with Gasteiger partial charge in [0.25, 0.3) is 10.0 Å². The first kappa shape index (κ1) is 21.1. The molecule has 0 atom stereocenters. The lowest BCUT2D eigenvalue weighted by Gasteiger charge is -2.06. The number of H-pyrrole nitrogens is 1. The van der Waals surface area contributed by atoms with Crippen LogP contribution in [0.5, 0.6) is 0 Å². The van der Waals surface area contributed by atoms with E-state index in [-0.39, 0.29) is 4.64 Å². The van der Waals surface area contributed by atoms with Crippen LogP contribution in [0.3, 0.4) is 0 Å². The number of aromatic nitrogens is 2. The third kappa shape index (κ3) is 6.80.